The van der Waals surface area contributed by atoms with Crippen molar-refractivity contribution in [2.45, 2.75) is 77.4 Å². The van der Waals surface area contributed by atoms with Crippen molar-refractivity contribution >= 4 is 11.9 Å². The summed E-state index contributed by atoms with van der Waals surface area (Å²) >= 11 is 0. The van der Waals surface area contributed by atoms with E-state index in [9.17, 15) is 9.59 Å². The highest BCUT2D eigenvalue weighted by Gasteiger charge is 2.29. The average molecular weight is 372 g/mol. The van der Waals surface area contributed by atoms with Crippen LogP contribution in [-0.2, 0) is 17.8 Å². The Morgan fingerprint density at radius 3 is 2.52 bits per heavy atom. The zero-order valence-electron chi connectivity index (χ0n) is 16.7. The van der Waals surface area contributed by atoms with Crippen molar-refractivity contribution < 1.29 is 9.59 Å². The van der Waals surface area contributed by atoms with Gasteiger partial charge in [-0.15, -0.1) is 0 Å². The number of urea groups is 1. The van der Waals surface area contributed by atoms with Crippen molar-refractivity contribution in [2.75, 3.05) is 6.54 Å². The maximum atomic E-state index is 13.2. The normalized spacial score (nSPS) is 18.7. The van der Waals surface area contributed by atoms with E-state index in [1.165, 1.54) is 30.4 Å². The molecular weight excluding hydrogens is 338 g/mol. The van der Waals surface area contributed by atoms with E-state index >= 15 is 0 Å². The second-order valence-corrected chi connectivity index (χ2v) is 8.41. The van der Waals surface area contributed by atoms with Gasteiger partial charge in [0, 0.05) is 19.1 Å². The number of carbonyl (C=O) groups is 2. The van der Waals surface area contributed by atoms with Crippen LogP contribution in [0.25, 0.3) is 0 Å². The van der Waals surface area contributed by atoms with Crippen molar-refractivity contribution in [1.82, 2.24) is 15.5 Å². The summed E-state index contributed by atoms with van der Waals surface area (Å²) in [4.78, 5) is 27.5. The van der Waals surface area contributed by atoms with Gasteiger partial charge >= 0.3 is 6.03 Å². The lowest BCUT2D eigenvalue weighted by atomic mass is 9.95. The van der Waals surface area contributed by atoms with Crippen LogP contribution in [0.15, 0.2) is 24.3 Å². The zero-order valence-corrected chi connectivity index (χ0v) is 16.7. The summed E-state index contributed by atoms with van der Waals surface area (Å²) in [6, 6.07) is 7.89. The first-order valence-electron chi connectivity index (χ1n) is 10.5. The van der Waals surface area contributed by atoms with Gasteiger partial charge < -0.3 is 15.5 Å². The number of carbonyl (C=O) groups excluding carboxylic acids is 2. The van der Waals surface area contributed by atoms with Gasteiger partial charge in [-0.1, -0.05) is 57.4 Å². The van der Waals surface area contributed by atoms with Crippen LogP contribution < -0.4 is 10.6 Å². The van der Waals surface area contributed by atoms with Crippen LogP contribution in [-0.4, -0.2) is 35.5 Å². The predicted octanol–water partition coefficient (Wildman–Crippen LogP) is 3.62. The fourth-order valence-electron chi connectivity index (χ4n) is 4.23. The van der Waals surface area contributed by atoms with Gasteiger partial charge in [-0.2, -0.15) is 0 Å². The third-order valence-electron chi connectivity index (χ3n) is 5.69. The molecule has 1 aliphatic heterocycles. The summed E-state index contributed by atoms with van der Waals surface area (Å²) in [7, 11) is 0. The molecule has 0 radical (unpaired) electrons. The third kappa shape index (κ3) is 5.47. The van der Waals surface area contributed by atoms with Crippen LogP contribution in [0.2, 0.25) is 0 Å². The summed E-state index contributed by atoms with van der Waals surface area (Å²) < 4.78 is 0. The fraction of sp³-hybridized carbons (Fsp3) is 0.636. The molecule has 0 unspecified atom stereocenters. The highest BCUT2D eigenvalue weighted by Crippen LogP contribution is 2.21. The highest BCUT2D eigenvalue weighted by atomic mass is 16.2. The molecule has 5 heteroatoms. The SMILES string of the molecule is CC(C)C[C@@H](NC(=O)NC1CCCCC1)C(=O)N1CCc2ccccc2C1. The van der Waals surface area contributed by atoms with Gasteiger partial charge in [0.05, 0.1) is 0 Å². The first-order chi connectivity index (χ1) is 13.0. The molecule has 3 rings (SSSR count). The molecule has 0 bridgehead atoms. The monoisotopic (exact) mass is 371 g/mol. The molecule has 1 heterocycles. The van der Waals surface area contributed by atoms with Crippen molar-refractivity contribution in [3.8, 4) is 0 Å². The van der Waals surface area contributed by atoms with Crippen LogP contribution in [0.1, 0.15) is 63.5 Å². The van der Waals surface area contributed by atoms with Gasteiger partial charge in [-0.25, -0.2) is 4.79 Å². The summed E-state index contributed by atoms with van der Waals surface area (Å²) in [5.74, 6) is 0.378. The Morgan fingerprint density at radius 1 is 1.11 bits per heavy atom. The molecule has 27 heavy (non-hydrogen) atoms. The number of benzene rings is 1. The summed E-state index contributed by atoms with van der Waals surface area (Å²) in [5.41, 5.74) is 2.54. The van der Waals surface area contributed by atoms with Gasteiger partial charge in [-0.3, -0.25) is 4.79 Å². The summed E-state index contributed by atoms with van der Waals surface area (Å²) in [6.45, 7) is 5.53. The van der Waals surface area contributed by atoms with Crippen molar-refractivity contribution in [3.05, 3.63) is 35.4 Å². The van der Waals surface area contributed by atoms with E-state index in [1.54, 1.807) is 0 Å². The maximum absolute atomic E-state index is 13.2. The second kappa shape index (κ2) is 9.25. The molecule has 0 saturated heterocycles. The van der Waals surface area contributed by atoms with Gasteiger partial charge in [0.15, 0.2) is 0 Å². The third-order valence-corrected chi connectivity index (χ3v) is 5.69. The molecule has 3 amide bonds. The largest absolute Gasteiger partial charge is 0.336 e. The Labute approximate surface area is 162 Å². The van der Waals surface area contributed by atoms with Crippen LogP contribution in [0.4, 0.5) is 4.79 Å². The van der Waals surface area contributed by atoms with Gasteiger partial charge in [0.25, 0.3) is 0 Å². The Balaban J connectivity index is 1.61. The minimum absolute atomic E-state index is 0.0389. The van der Waals surface area contributed by atoms with Crippen LogP contribution in [0.5, 0.6) is 0 Å². The first kappa shape index (κ1) is 19.7. The summed E-state index contributed by atoms with van der Waals surface area (Å²) in [5, 5.41) is 6.05. The molecule has 2 N–H and O–H groups in total. The number of hydrogen-bond acceptors (Lipinski definition) is 2. The zero-order chi connectivity index (χ0) is 19.2. The highest BCUT2D eigenvalue weighted by molar-refractivity contribution is 5.87. The lowest BCUT2D eigenvalue weighted by Crippen LogP contribution is -2.54. The van der Waals surface area contributed by atoms with E-state index in [2.05, 4.69) is 42.7 Å². The average Bonchev–Trinajstić information content (AvgIpc) is 2.67. The molecular formula is C22H33N3O2. The molecule has 1 fully saturated rings. The van der Waals surface area contributed by atoms with E-state index < -0.39 is 6.04 Å². The van der Waals surface area contributed by atoms with Gasteiger partial charge in [0.1, 0.15) is 6.04 Å². The van der Waals surface area contributed by atoms with Gasteiger partial charge in [-0.05, 0) is 42.7 Å². The first-order valence-corrected chi connectivity index (χ1v) is 10.5. The molecule has 0 spiro atoms. The number of nitrogens with one attached hydrogen (secondary N) is 2. The van der Waals surface area contributed by atoms with Crippen LogP contribution >= 0.6 is 0 Å². The molecule has 1 aromatic rings. The van der Waals surface area contributed by atoms with E-state index in [4.69, 9.17) is 0 Å². The van der Waals surface area contributed by atoms with Crippen LogP contribution in [0, 0.1) is 5.92 Å². The molecule has 5 nitrogen and oxygen atoms in total. The minimum atomic E-state index is -0.459. The quantitative estimate of drug-likeness (QED) is 0.830. The van der Waals surface area contributed by atoms with E-state index in [-0.39, 0.29) is 18.0 Å². The number of rotatable bonds is 5. The fourth-order valence-corrected chi connectivity index (χ4v) is 4.23. The number of amides is 3. The standard InChI is InChI=1S/C22H33N3O2/c1-16(2)14-20(24-22(27)23-19-10-4-3-5-11-19)21(26)25-13-12-17-8-6-7-9-18(17)15-25/h6-9,16,19-20H,3-5,10-15H2,1-2H3,(H2,23,24,27)/t20-/m1/s1. The molecule has 1 aromatic carbocycles. The molecule has 1 saturated carbocycles. The number of fused-ring (bicyclic) bond motifs is 1. The maximum Gasteiger partial charge on any atom is 0.315 e. The molecule has 1 atom stereocenters. The Kier molecular flexibility index (Phi) is 6.75. The smallest absolute Gasteiger partial charge is 0.315 e. The van der Waals surface area contributed by atoms with E-state index in [1.807, 2.05) is 11.0 Å². The van der Waals surface area contributed by atoms with E-state index in [0.717, 1.165) is 25.8 Å². The lowest BCUT2D eigenvalue weighted by molar-refractivity contribution is -0.134. The van der Waals surface area contributed by atoms with Crippen molar-refractivity contribution in [3.63, 3.8) is 0 Å². The van der Waals surface area contributed by atoms with Crippen LogP contribution in [0.3, 0.4) is 0 Å². The molecule has 148 valence electrons. The Morgan fingerprint density at radius 2 is 1.81 bits per heavy atom. The van der Waals surface area contributed by atoms with E-state index in [0.29, 0.717) is 18.9 Å². The topological polar surface area (TPSA) is 61.4 Å². The molecule has 2 aliphatic rings. The predicted molar refractivity (Wildman–Crippen MR) is 107 cm³/mol. The molecule has 0 aromatic heterocycles. The minimum Gasteiger partial charge on any atom is -0.336 e. The van der Waals surface area contributed by atoms with Crippen molar-refractivity contribution in [2.24, 2.45) is 5.92 Å². The number of hydrogen-bond donors (Lipinski definition) is 2. The number of nitrogens with zero attached hydrogens (tertiary/aromatic N) is 1. The Hall–Kier alpha value is -2.04. The lowest BCUT2D eigenvalue weighted by Gasteiger charge is -2.33. The van der Waals surface area contributed by atoms with Crippen molar-refractivity contribution in [1.29, 1.82) is 0 Å². The van der Waals surface area contributed by atoms with Gasteiger partial charge in [0.2, 0.25) is 5.91 Å². The second-order valence-electron chi connectivity index (χ2n) is 8.41. The molecule has 1 aliphatic carbocycles. The summed E-state index contributed by atoms with van der Waals surface area (Å²) in [6.07, 6.45) is 7.22. The Bertz CT molecular complexity index is 653.